The van der Waals surface area contributed by atoms with E-state index in [-0.39, 0.29) is 11.3 Å². The van der Waals surface area contributed by atoms with Crippen molar-refractivity contribution in [2.24, 2.45) is 12.5 Å². The van der Waals surface area contributed by atoms with Crippen LogP contribution in [0.25, 0.3) is 10.9 Å². The molecule has 1 radical (unpaired) electrons. The molecule has 0 bridgehead atoms. The number of aromatic nitrogens is 1. The van der Waals surface area contributed by atoms with Gasteiger partial charge in [-0.1, -0.05) is 39.0 Å². The SMILES string of the molecule is [CH2]C(c1c(C)n(C)c2ccc(S(=O)(=O)c3ccccc3)cc12)C(C)(C)C. The van der Waals surface area contributed by atoms with Crippen molar-refractivity contribution in [1.29, 1.82) is 0 Å². The van der Waals surface area contributed by atoms with Gasteiger partial charge < -0.3 is 4.57 Å². The molecule has 1 heterocycles. The summed E-state index contributed by atoms with van der Waals surface area (Å²) in [5.74, 6) is 0.0564. The predicted octanol–water partition coefficient (Wildman–Crippen LogP) is 5.28. The van der Waals surface area contributed by atoms with E-state index >= 15 is 0 Å². The lowest BCUT2D eigenvalue weighted by molar-refractivity contribution is 0.364. The van der Waals surface area contributed by atoms with E-state index in [9.17, 15) is 8.42 Å². The third-order valence-electron chi connectivity index (χ3n) is 5.27. The number of sulfone groups is 1. The molecule has 0 N–H and O–H groups in total. The second kappa shape index (κ2) is 6.27. The van der Waals surface area contributed by atoms with Crippen molar-refractivity contribution in [1.82, 2.24) is 4.57 Å². The van der Waals surface area contributed by atoms with Gasteiger partial charge in [0.1, 0.15) is 0 Å². The zero-order chi connectivity index (χ0) is 19.3. The average molecular weight is 369 g/mol. The lowest BCUT2D eigenvalue weighted by Gasteiger charge is -2.28. The molecular weight excluding hydrogens is 342 g/mol. The van der Waals surface area contributed by atoms with Crippen LogP contribution in [0.3, 0.4) is 0 Å². The number of nitrogens with zero attached hydrogens (tertiary/aromatic N) is 1. The normalized spacial score (nSPS) is 13.9. The van der Waals surface area contributed by atoms with Crippen LogP contribution < -0.4 is 0 Å². The summed E-state index contributed by atoms with van der Waals surface area (Å²) in [6.07, 6.45) is 0. The molecule has 0 spiro atoms. The van der Waals surface area contributed by atoms with Crippen molar-refractivity contribution in [2.75, 3.05) is 0 Å². The fourth-order valence-electron chi connectivity index (χ4n) is 3.36. The van der Waals surface area contributed by atoms with E-state index in [0.29, 0.717) is 9.79 Å². The second-order valence-electron chi connectivity index (χ2n) is 7.97. The molecule has 0 fully saturated rings. The van der Waals surface area contributed by atoms with E-state index in [0.717, 1.165) is 22.2 Å². The van der Waals surface area contributed by atoms with Gasteiger partial charge in [-0.25, -0.2) is 8.42 Å². The molecule has 3 aromatic rings. The number of benzene rings is 2. The van der Waals surface area contributed by atoms with Gasteiger partial charge in [-0.2, -0.15) is 0 Å². The van der Waals surface area contributed by atoms with E-state index in [1.54, 1.807) is 30.3 Å². The molecule has 3 rings (SSSR count). The van der Waals surface area contributed by atoms with Crippen LogP contribution in [0, 0.1) is 19.3 Å². The minimum absolute atomic E-state index is 0.0205. The quantitative estimate of drug-likeness (QED) is 0.630. The standard InChI is InChI=1S/C22H26NO2S/c1-15(22(3,4)5)21-16(2)23(6)20-13-12-18(14-19(20)21)26(24,25)17-10-8-7-9-11-17/h7-15H,1H2,2-6H3. The van der Waals surface area contributed by atoms with Crippen LogP contribution in [0.4, 0.5) is 0 Å². The first-order valence-electron chi connectivity index (χ1n) is 8.77. The van der Waals surface area contributed by atoms with E-state index in [1.165, 1.54) is 0 Å². The van der Waals surface area contributed by atoms with E-state index < -0.39 is 9.84 Å². The van der Waals surface area contributed by atoms with Crippen LogP contribution in [0.1, 0.15) is 37.9 Å². The summed E-state index contributed by atoms with van der Waals surface area (Å²) in [6.45, 7) is 12.9. The molecule has 2 aromatic carbocycles. The molecule has 137 valence electrons. The minimum atomic E-state index is -3.54. The smallest absolute Gasteiger partial charge is 0.206 e. The average Bonchev–Trinajstić information content (AvgIpc) is 2.84. The zero-order valence-electron chi connectivity index (χ0n) is 16.1. The first-order valence-corrected chi connectivity index (χ1v) is 10.3. The molecule has 0 aliphatic rings. The molecule has 3 nitrogen and oxygen atoms in total. The Labute approximate surface area is 156 Å². The molecule has 1 atom stereocenters. The Balaban J connectivity index is 2.27. The van der Waals surface area contributed by atoms with Gasteiger partial charge in [0.15, 0.2) is 0 Å². The summed E-state index contributed by atoms with van der Waals surface area (Å²) in [5.41, 5.74) is 3.26. The molecule has 1 aromatic heterocycles. The first-order chi connectivity index (χ1) is 12.0. The highest BCUT2D eigenvalue weighted by Gasteiger charge is 2.28. The summed E-state index contributed by atoms with van der Waals surface area (Å²) >= 11 is 0. The molecule has 0 aliphatic carbocycles. The highest BCUT2D eigenvalue weighted by atomic mass is 32.2. The number of rotatable bonds is 3. The highest BCUT2D eigenvalue weighted by Crippen LogP contribution is 2.41. The fourth-order valence-corrected chi connectivity index (χ4v) is 4.66. The summed E-state index contributed by atoms with van der Waals surface area (Å²) < 4.78 is 28.2. The van der Waals surface area contributed by atoms with Crippen LogP contribution in [-0.2, 0) is 16.9 Å². The maximum Gasteiger partial charge on any atom is 0.206 e. The summed E-state index contributed by atoms with van der Waals surface area (Å²) in [4.78, 5) is 0.639. The molecule has 1 unspecified atom stereocenters. The van der Waals surface area contributed by atoms with Crippen molar-refractivity contribution in [3.63, 3.8) is 0 Å². The van der Waals surface area contributed by atoms with Crippen molar-refractivity contribution in [3.8, 4) is 0 Å². The van der Waals surface area contributed by atoms with E-state index in [2.05, 4.69) is 39.2 Å². The summed E-state index contributed by atoms with van der Waals surface area (Å²) in [6, 6.07) is 14.0. The first kappa shape index (κ1) is 18.7. The van der Waals surface area contributed by atoms with Gasteiger partial charge in [0.2, 0.25) is 9.84 Å². The summed E-state index contributed by atoms with van der Waals surface area (Å²) in [7, 11) is -1.53. The third-order valence-corrected chi connectivity index (χ3v) is 7.04. The zero-order valence-corrected chi connectivity index (χ0v) is 16.9. The fraction of sp³-hybridized carbons (Fsp3) is 0.318. The lowest BCUT2D eigenvalue weighted by Crippen LogP contribution is -2.16. The second-order valence-corrected chi connectivity index (χ2v) is 9.92. The molecule has 0 aliphatic heterocycles. The Morgan fingerprint density at radius 3 is 2.19 bits per heavy atom. The van der Waals surface area contributed by atoms with Crippen LogP contribution in [-0.4, -0.2) is 13.0 Å². The maximum absolute atomic E-state index is 13.0. The van der Waals surface area contributed by atoms with Crippen LogP contribution in [0.5, 0.6) is 0 Å². The largest absolute Gasteiger partial charge is 0.348 e. The maximum atomic E-state index is 13.0. The molecular formula is C22H26NO2S. The van der Waals surface area contributed by atoms with Gasteiger partial charge in [0, 0.05) is 23.6 Å². The van der Waals surface area contributed by atoms with Crippen LogP contribution in [0.15, 0.2) is 58.3 Å². The minimum Gasteiger partial charge on any atom is -0.348 e. The Morgan fingerprint density at radius 1 is 1.00 bits per heavy atom. The molecule has 26 heavy (non-hydrogen) atoms. The Hall–Kier alpha value is -2.07. The number of hydrogen-bond acceptors (Lipinski definition) is 2. The van der Waals surface area contributed by atoms with Gasteiger partial charge in [-0.3, -0.25) is 0 Å². The van der Waals surface area contributed by atoms with Gasteiger partial charge in [0.05, 0.1) is 9.79 Å². The highest BCUT2D eigenvalue weighted by molar-refractivity contribution is 7.91. The number of hydrogen-bond donors (Lipinski definition) is 0. The van der Waals surface area contributed by atoms with Crippen molar-refractivity contribution in [2.45, 2.75) is 43.4 Å². The van der Waals surface area contributed by atoms with Crippen LogP contribution in [0.2, 0.25) is 0 Å². The molecule has 0 saturated carbocycles. The van der Waals surface area contributed by atoms with E-state index in [4.69, 9.17) is 0 Å². The third kappa shape index (κ3) is 2.96. The monoisotopic (exact) mass is 368 g/mol. The van der Waals surface area contributed by atoms with Crippen molar-refractivity contribution in [3.05, 3.63) is 66.7 Å². The van der Waals surface area contributed by atoms with Crippen molar-refractivity contribution >= 4 is 20.7 Å². The Morgan fingerprint density at radius 2 is 1.62 bits per heavy atom. The number of fused-ring (bicyclic) bond motifs is 1. The number of aryl methyl sites for hydroxylation is 1. The molecule has 0 amide bonds. The Kier molecular flexibility index (Phi) is 4.51. The molecule has 4 heteroatoms. The lowest BCUT2D eigenvalue weighted by atomic mass is 9.77. The van der Waals surface area contributed by atoms with Gasteiger partial charge >= 0.3 is 0 Å². The van der Waals surface area contributed by atoms with E-state index in [1.807, 2.05) is 25.2 Å². The van der Waals surface area contributed by atoms with Gasteiger partial charge in [0.25, 0.3) is 0 Å². The van der Waals surface area contributed by atoms with Crippen molar-refractivity contribution < 1.29 is 8.42 Å². The topological polar surface area (TPSA) is 39.1 Å². The van der Waals surface area contributed by atoms with Crippen LogP contribution >= 0.6 is 0 Å². The predicted molar refractivity (Wildman–Crippen MR) is 107 cm³/mol. The van der Waals surface area contributed by atoms with Gasteiger partial charge in [-0.15, -0.1) is 0 Å². The van der Waals surface area contributed by atoms with Gasteiger partial charge in [-0.05, 0) is 61.1 Å². The molecule has 0 saturated heterocycles. The Bertz CT molecular complexity index is 1050. The summed E-state index contributed by atoms with van der Waals surface area (Å²) in [5, 5.41) is 0.969.